The third kappa shape index (κ3) is 3.89. The van der Waals surface area contributed by atoms with E-state index >= 15 is 0 Å². The fraction of sp³-hybridized carbons (Fsp3) is 0.222. The van der Waals surface area contributed by atoms with Crippen LogP contribution in [0, 0.1) is 11.6 Å². The van der Waals surface area contributed by atoms with Crippen LogP contribution in [0.25, 0.3) is 10.9 Å². The topological polar surface area (TPSA) is 69.2 Å². The van der Waals surface area contributed by atoms with E-state index in [0.717, 1.165) is 18.2 Å². The van der Waals surface area contributed by atoms with Crippen molar-refractivity contribution >= 4 is 10.9 Å². The molecular weight excluding hydrogens is 328 g/mol. The van der Waals surface area contributed by atoms with Gasteiger partial charge in [-0.15, -0.1) is 0 Å². The predicted octanol–water partition coefficient (Wildman–Crippen LogP) is 2.37. The number of benzene rings is 2. The van der Waals surface area contributed by atoms with E-state index in [1.807, 2.05) is 0 Å². The summed E-state index contributed by atoms with van der Waals surface area (Å²) in [5.41, 5.74) is 0.226. The number of nitrogens with one attached hydrogen (secondary N) is 1. The Balaban J connectivity index is 1.75. The van der Waals surface area contributed by atoms with E-state index in [4.69, 9.17) is 0 Å². The summed E-state index contributed by atoms with van der Waals surface area (Å²) in [4.78, 5) is 20.8. The fourth-order valence-corrected chi connectivity index (χ4v) is 2.69. The standard InChI is InChI=1S/C18H17F2N3O2/c1-23(9-16(24)13-8-11(19)6-7-14(13)20)10-17-21-15-5-3-2-4-12(15)18(25)22-17/h2-8,16,24H,9-10H2,1H3,(H,21,22,25)/t16-/m0/s1. The van der Waals surface area contributed by atoms with Crippen molar-refractivity contribution in [1.29, 1.82) is 0 Å². The minimum atomic E-state index is -1.20. The quantitative estimate of drug-likeness (QED) is 0.745. The molecule has 2 aromatic carbocycles. The van der Waals surface area contributed by atoms with E-state index in [2.05, 4.69) is 9.97 Å². The summed E-state index contributed by atoms with van der Waals surface area (Å²) in [6.45, 7) is 0.297. The van der Waals surface area contributed by atoms with Crippen LogP contribution < -0.4 is 5.56 Å². The molecule has 1 heterocycles. The van der Waals surface area contributed by atoms with Gasteiger partial charge in [-0.05, 0) is 37.4 Å². The molecule has 7 heteroatoms. The molecule has 1 aromatic heterocycles. The van der Waals surface area contributed by atoms with Crippen LogP contribution in [-0.2, 0) is 6.54 Å². The van der Waals surface area contributed by atoms with Crippen molar-refractivity contribution in [1.82, 2.24) is 14.9 Å². The maximum absolute atomic E-state index is 13.7. The molecule has 0 unspecified atom stereocenters. The number of aromatic nitrogens is 2. The Hall–Kier alpha value is -2.64. The number of nitrogens with zero attached hydrogens (tertiary/aromatic N) is 2. The van der Waals surface area contributed by atoms with Crippen LogP contribution in [-0.4, -0.2) is 33.6 Å². The molecule has 0 aliphatic rings. The van der Waals surface area contributed by atoms with Gasteiger partial charge in [0.25, 0.3) is 5.56 Å². The second-order valence-electron chi connectivity index (χ2n) is 5.91. The van der Waals surface area contributed by atoms with Crippen molar-refractivity contribution in [3.63, 3.8) is 0 Å². The van der Waals surface area contributed by atoms with E-state index in [1.54, 1.807) is 36.2 Å². The maximum Gasteiger partial charge on any atom is 0.258 e. The lowest BCUT2D eigenvalue weighted by Crippen LogP contribution is -2.27. The highest BCUT2D eigenvalue weighted by molar-refractivity contribution is 5.77. The number of likely N-dealkylation sites (N-methyl/N-ethyl adjacent to an activating group) is 1. The van der Waals surface area contributed by atoms with Crippen LogP contribution in [0.1, 0.15) is 17.5 Å². The van der Waals surface area contributed by atoms with Crippen LogP contribution >= 0.6 is 0 Å². The van der Waals surface area contributed by atoms with Gasteiger partial charge in [0.2, 0.25) is 0 Å². The first-order valence-electron chi connectivity index (χ1n) is 7.73. The number of H-pyrrole nitrogens is 1. The average Bonchev–Trinajstić information content (AvgIpc) is 2.57. The van der Waals surface area contributed by atoms with E-state index < -0.39 is 17.7 Å². The summed E-state index contributed by atoms with van der Waals surface area (Å²) in [6.07, 6.45) is -1.20. The minimum absolute atomic E-state index is 0.0525. The highest BCUT2D eigenvalue weighted by Crippen LogP contribution is 2.19. The van der Waals surface area contributed by atoms with Gasteiger partial charge < -0.3 is 10.1 Å². The second kappa shape index (κ2) is 7.08. The SMILES string of the molecule is CN(Cc1nc2ccccc2c(=O)[nH]1)C[C@H](O)c1cc(F)ccc1F. The second-order valence-corrected chi connectivity index (χ2v) is 5.91. The highest BCUT2D eigenvalue weighted by Gasteiger charge is 2.17. The van der Waals surface area contributed by atoms with Gasteiger partial charge in [-0.1, -0.05) is 12.1 Å². The van der Waals surface area contributed by atoms with Gasteiger partial charge in [-0.2, -0.15) is 0 Å². The molecule has 0 bridgehead atoms. The number of fused-ring (bicyclic) bond motifs is 1. The minimum Gasteiger partial charge on any atom is -0.387 e. The summed E-state index contributed by atoms with van der Waals surface area (Å²) < 4.78 is 27.0. The molecule has 2 N–H and O–H groups in total. The van der Waals surface area contributed by atoms with Gasteiger partial charge in [-0.3, -0.25) is 9.69 Å². The Kier molecular flexibility index (Phi) is 4.87. The summed E-state index contributed by atoms with van der Waals surface area (Å²) in [5.74, 6) is -0.851. The van der Waals surface area contributed by atoms with Crippen LogP contribution in [0.2, 0.25) is 0 Å². The number of hydrogen-bond acceptors (Lipinski definition) is 4. The van der Waals surface area contributed by atoms with Crippen molar-refractivity contribution in [3.05, 3.63) is 75.8 Å². The highest BCUT2D eigenvalue weighted by atomic mass is 19.1. The zero-order chi connectivity index (χ0) is 18.0. The van der Waals surface area contributed by atoms with Crippen LogP contribution in [0.3, 0.4) is 0 Å². The smallest absolute Gasteiger partial charge is 0.258 e. The number of para-hydroxylation sites is 1. The molecule has 0 fully saturated rings. The Labute approximate surface area is 142 Å². The molecular formula is C18H17F2N3O2. The molecule has 0 spiro atoms. The summed E-state index contributed by atoms with van der Waals surface area (Å²) in [6, 6.07) is 9.93. The van der Waals surface area contributed by atoms with Gasteiger partial charge in [0.1, 0.15) is 17.5 Å². The van der Waals surface area contributed by atoms with Crippen molar-refractivity contribution in [3.8, 4) is 0 Å². The maximum atomic E-state index is 13.7. The molecule has 1 atom stereocenters. The first-order valence-corrected chi connectivity index (χ1v) is 7.73. The number of aliphatic hydroxyl groups is 1. The lowest BCUT2D eigenvalue weighted by atomic mass is 10.1. The van der Waals surface area contributed by atoms with Gasteiger partial charge in [0.05, 0.1) is 23.6 Å². The van der Waals surface area contributed by atoms with Crippen molar-refractivity contribution in [2.45, 2.75) is 12.6 Å². The van der Waals surface area contributed by atoms with Crippen LogP contribution in [0.4, 0.5) is 8.78 Å². The molecule has 0 aliphatic heterocycles. The first-order chi connectivity index (χ1) is 11.9. The number of aliphatic hydroxyl groups excluding tert-OH is 1. The van der Waals surface area contributed by atoms with Gasteiger partial charge in [0, 0.05) is 12.1 Å². The van der Waals surface area contributed by atoms with E-state index in [9.17, 15) is 18.7 Å². The van der Waals surface area contributed by atoms with E-state index in [0.29, 0.717) is 16.7 Å². The number of rotatable bonds is 5. The lowest BCUT2D eigenvalue weighted by molar-refractivity contribution is 0.119. The number of hydrogen-bond donors (Lipinski definition) is 2. The Morgan fingerprint density at radius 2 is 2.00 bits per heavy atom. The van der Waals surface area contributed by atoms with Crippen LogP contribution in [0.5, 0.6) is 0 Å². The third-order valence-corrected chi connectivity index (χ3v) is 3.88. The monoisotopic (exact) mass is 345 g/mol. The van der Waals surface area contributed by atoms with Crippen molar-refractivity contribution in [2.75, 3.05) is 13.6 Å². The molecule has 0 saturated heterocycles. The lowest BCUT2D eigenvalue weighted by Gasteiger charge is -2.20. The Morgan fingerprint density at radius 1 is 1.24 bits per heavy atom. The molecule has 3 aromatic rings. The first kappa shape index (κ1) is 17.2. The van der Waals surface area contributed by atoms with Gasteiger partial charge >= 0.3 is 0 Å². The molecule has 0 radical (unpaired) electrons. The third-order valence-electron chi connectivity index (χ3n) is 3.88. The van der Waals surface area contributed by atoms with Gasteiger partial charge in [0.15, 0.2) is 0 Å². The molecule has 0 saturated carbocycles. The summed E-state index contributed by atoms with van der Waals surface area (Å²) in [5, 5.41) is 10.7. The average molecular weight is 345 g/mol. The van der Waals surface area contributed by atoms with E-state index in [-0.39, 0.29) is 24.2 Å². The number of aromatic amines is 1. The zero-order valence-electron chi connectivity index (χ0n) is 13.5. The van der Waals surface area contributed by atoms with Crippen molar-refractivity contribution < 1.29 is 13.9 Å². The molecule has 0 amide bonds. The fourth-order valence-electron chi connectivity index (χ4n) is 2.69. The van der Waals surface area contributed by atoms with Gasteiger partial charge in [-0.25, -0.2) is 13.8 Å². The van der Waals surface area contributed by atoms with E-state index in [1.165, 1.54) is 0 Å². The van der Waals surface area contributed by atoms with Crippen LogP contribution in [0.15, 0.2) is 47.3 Å². The molecule has 25 heavy (non-hydrogen) atoms. The molecule has 3 rings (SSSR count). The Bertz CT molecular complexity index is 958. The molecule has 130 valence electrons. The summed E-state index contributed by atoms with van der Waals surface area (Å²) in [7, 11) is 1.69. The number of halogens is 2. The molecule has 5 nitrogen and oxygen atoms in total. The van der Waals surface area contributed by atoms with Crippen molar-refractivity contribution in [2.24, 2.45) is 0 Å². The summed E-state index contributed by atoms with van der Waals surface area (Å²) >= 11 is 0. The normalized spacial score (nSPS) is 12.7. The largest absolute Gasteiger partial charge is 0.387 e. The zero-order valence-corrected chi connectivity index (χ0v) is 13.5. The molecule has 0 aliphatic carbocycles. The predicted molar refractivity (Wildman–Crippen MR) is 90.0 cm³/mol. The Morgan fingerprint density at radius 3 is 2.80 bits per heavy atom.